The third kappa shape index (κ3) is 3.96. The number of rotatable bonds is 4. The second-order valence-corrected chi connectivity index (χ2v) is 7.00. The molecule has 0 unspecified atom stereocenters. The number of aromatic nitrogens is 2. The van der Waals surface area contributed by atoms with E-state index in [1.807, 2.05) is 12.3 Å². The molecule has 2 aromatic rings. The van der Waals surface area contributed by atoms with Crippen LogP contribution in [0.1, 0.15) is 15.9 Å². The van der Waals surface area contributed by atoms with Crippen LogP contribution < -0.4 is 4.74 Å². The highest BCUT2D eigenvalue weighted by Crippen LogP contribution is 2.33. The van der Waals surface area contributed by atoms with Crippen LogP contribution in [0.4, 0.5) is 4.39 Å². The lowest BCUT2D eigenvalue weighted by Crippen LogP contribution is -2.26. The van der Waals surface area contributed by atoms with Crippen molar-refractivity contribution in [2.24, 2.45) is 0 Å². The van der Waals surface area contributed by atoms with Gasteiger partial charge in [0.15, 0.2) is 5.16 Å². The van der Waals surface area contributed by atoms with Gasteiger partial charge in [0.25, 0.3) is 5.91 Å². The van der Waals surface area contributed by atoms with Crippen molar-refractivity contribution >= 4 is 35.5 Å². The number of carbonyl (C=O) groups is 1. The number of amides is 1. The zero-order valence-corrected chi connectivity index (χ0v) is 15.4. The molecule has 1 aromatic carbocycles. The lowest BCUT2D eigenvalue weighted by molar-refractivity contribution is 0.0831. The van der Waals surface area contributed by atoms with E-state index in [0.29, 0.717) is 28.7 Å². The first-order valence-electron chi connectivity index (χ1n) is 7.49. The van der Waals surface area contributed by atoms with Crippen LogP contribution in [0.5, 0.6) is 5.88 Å². The van der Waals surface area contributed by atoms with E-state index in [-0.39, 0.29) is 11.7 Å². The van der Waals surface area contributed by atoms with E-state index in [1.54, 1.807) is 30.0 Å². The van der Waals surface area contributed by atoms with Crippen LogP contribution in [0.15, 0.2) is 40.6 Å². The molecule has 0 spiro atoms. The Morgan fingerprint density at radius 3 is 2.84 bits per heavy atom. The van der Waals surface area contributed by atoms with Crippen molar-refractivity contribution < 1.29 is 13.9 Å². The van der Waals surface area contributed by atoms with Crippen molar-refractivity contribution in [3.63, 3.8) is 0 Å². The average Bonchev–Trinajstić information content (AvgIpc) is 3.10. The van der Waals surface area contributed by atoms with Gasteiger partial charge in [-0.1, -0.05) is 11.8 Å². The van der Waals surface area contributed by atoms with Crippen LogP contribution in [0.25, 0.3) is 6.08 Å². The Bertz CT molecular complexity index is 812. The summed E-state index contributed by atoms with van der Waals surface area (Å²) >= 11 is 3.01. The summed E-state index contributed by atoms with van der Waals surface area (Å²) in [7, 11) is 1.55. The van der Waals surface area contributed by atoms with Gasteiger partial charge >= 0.3 is 0 Å². The summed E-state index contributed by atoms with van der Waals surface area (Å²) in [5.41, 5.74) is 1.16. The second-order valence-electron chi connectivity index (χ2n) is 5.12. The molecule has 0 N–H and O–H groups in total. The molecule has 1 aliphatic heterocycles. The van der Waals surface area contributed by atoms with Gasteiger partial charge in [0.2, 0.25) is 5.88 Å². The van der Waals surface area contributed by atoms with E-state index < -0.39 is 0 Å². The van der Waals surface area contributed by atoms with Gasteiger partial charge in [-0.05, 0) is 36.6 Å². The first-order valence-corrected chi connectivity index (χ1v) is 9.70. The summed E-state index contributed by atoms with van der Waals surface area (Å²) in [5.74, 6) is 0.745. The van der Waals surface area contributed by atoms with Crippen molar-refractivity contribution in [2.45, 2.75) is 5.16 Å². The Morgan fingerprint density at radius 1 is 1.40 bits per heavy atom. The predicted octanol–water partition coefficient (Wildman–Crippen LogP) is 3.53. The third-order valence-corrected chi connectivity index (χ3v) is 5.16. The molecular weight excluding hydrogens is 361 g/mol. The number of methoxy groups -OCH3 is 1. The molecule has 2 heterocycles. The molecule has 25 heavy (non-hydrogen) atoms. The number of carbonyl (C=O) groups excluding carboxylic acids is 1. The van der Waals surface area contributed by atoms with Crippen LogP contribution in [-0.2, 0) is 0 Å². The topological polar surface area (TPSA) is 55.3 Å². The SMILES string of the molecule is COc1nc(SC)ncc1/C=C1/SCCN1C(=O)c1ccc(F)cc1. The van der Waals surface area contributed by atoms with E-state index in [0.717, 1.165) is 10.8 Å². The highest BCUT2D eigenvalue weighted by atomic mass is 32.2. The molecule has 0 radical (unpaired) electrons. The lowest BCUT2D eigenvalue weighted by atomic mass is 10.2. The van der Waals surface area contributed by atoms with Gasteiger partial charge in [-0.2, -0.15) is 4.98 Å². The number of ether oxygens (including phenoxy) is 1. The molecule has 1 fully saturated rings. The molecule has 130 valence electrons. The Morgan fingerprint density at radius 2 is 2.16 bits per heavy atom. The van der Waals surface area contributed by atoms with Gasteiger partial charge < -0.3 is 9.64 Å². The van der Waals surface area contributed by atoms with E-state index in [2.05, 4.69) is 9.97 Å². The maximum Gasteiger partial charge on any atom is 0.258 e. The normalized spacial score (nSPS) is 15.6. The first kappa shape index (κ1) is 17.8. The summed E-state index contributed by atoms with van der Waals surface area (Å²) in [5, 5.41) is 1.42. The van der Waals surface area contributed by atoms with Crippen LogP contribution in [0.3, 0.4) is 0 Å². The van der Waals surface area contributed by atoms with Crippen molar-refractivity contribution in [3.8, 4) is 5.88 Å². The number of hydrogen-bond donors (Lipinski definition) is 0. The summed E-state index contributed by atoms with van der Waals surface area (Å²) in [6, 6.07) is 5.57. The van der Waals surface area contributed by atoms with Crippen LogP contribution in [-0.4, -0.2) is 46.4 Å². The smallest absolute Gasteiger partial charge is 0.258 e. The molecule has 0 atom stereocenters. The maximum absolute atomic E-state index is 13.1. The zero-order chi connectivity index (χ0) is 17.8. The Kier molecular flexibility index (Phi) is 5.60. The molecule has 0 saturated carbocycles. The van der Waals surface area contributed by atoms with E-state index in [1.165, 1.54) is 36.0 Å². The van der Waals surface area contributed by atoms with Crippen LogP contribution >= 0.6 is 23.5 Å². The molecule has 0 aliphatic carbocycles. The highest BCUT2D eigenvalue weighted by molar-refractivity contribution is 8.03. The lowest BCUT2D eigenvalue weighted by Gasteiger charge is -2.17. The summed E-state index contributed by atoms with van der Waals surface area (Å²) < 4.78 is 18.4. The molecular formula is C17H16FN3O2S2. The number of nitrogens with zero attached hydrogens (tertiary/aromatic N) is 3. The fourth-order valence-corrected chi connectivity index (χ4v) is 3.71. The Labute approximate surface area is 153 Å². The standard InChI is InChI=1S/C17H16FN3O2S2/c1-23-15-12(10-19-17(20-15)24-2)9-14-21(7-8-25-14)16(22)11-3-5-13(18)6-4-11/h3-6,9-10H,7-8H2,1-2H3/b14-9+. The second kappa shape index (κ2) is 7.88. The summed E-state index contributed by atoms with van der Waals surface area (Å²) in [4.78, 5) is 23.0. The molecule has 1 aromatic heterocycles. The van der Waals surface area contributed by atoms with Crippen LogP contribution in [0.2, 0.25) is 0 Å². The highest BCUT2D eigenvalue weighted by Gasteiger charge is 2.25. The van der Waals surface area contributed by atoms with E-state index >= 15 is 0 Å². The maximum atomic E-state index is 13.1. The minimum absolute atomic E-state index is 0.156. The molecule has 5 nitrogen and oxygen atoms in total. The average molecular weight is 377 g/mol. The molecule has 0 bridgehead atoms. The Balaban J connectivity index is 1.89. The molecule has 1 amide bonds. The summed E-state index contributed by atoms with van der Waals surface area (Å²) in [6.07, 6.45) is 5.43. The first-order chi connectivity index (χ1) is 12.1. The van der Waals surface area contributed by atoms with Crippen molar-refractivity contribution in [2.75, 3.05) is 25.7 Å². The van der Waals surface area contributed by atoms with Crippen molar-refractivity contribution in [1.29, 1.82) is 0 Å². The molecule has 3 rings (SSSR count). The minimum atomic E-state index is -0.362. The minimum Gasteiger partial charge on any atom is -0.480 e. The molecule has 1 aliphatic rings. The predicted molar refractivity (Wildman–Crippen MR) is 98.2 cm³/mol. The van der Waals surface area contributed by atoms with Crippen molar-refractivity contribution in [3.05, 3.63) is 52.4 Å². The number of halogens is 1. The van der Waals surface area contributed by atoms with Gasteiger partial charge in [-0.3, -0.25) is 4.79 Å². The zero-order valence-electron chi connectivity index (χ0n) is 13.7. The van der Waals surface area contributed by atoms with Gasteiger partial charge in [-0.15, -0.1) is 11.8 Å². The van der Waals surface area contributed by atoms with Gasteiger partial charge in [0, 0.05) is 24.1 Å². The summed E-state index contributed by atoms with van der Waals surface area (Å²) in [6.45, 7) is 0.596. The molecule has 1 saturated heterocycles. The largest absolute Gasteiger partial charge is 0.480 e. The van der Waals surface area contributed by atoms with Gasteiger partial charge in [0.1, 0.15) is 5.82 Å². The fourth-order valence-electron chi connectivity index (χ4n) is 2.35. The number of thioether (sulfide) groups is 2. The third-order valence-electron chi connectivity index (χ3n) is 3.58. The van der Waals surface area contributed by atoms with Crippen LogP contribution in [0, 0.1) is 5.82 Å². The van der Waals surface area contributed by atoms with Gasteiger partial charge in [-0.25, -0.2) is 9.37 Å². The van der Waals surface area contributed by atoms with Crippen molar-refractivity contribution in [1.82, 2.24) is 14.9 Å². The van der Waals surface area contributed by atoms with E-state index in [9.17, 15) is 9.18 Å². The number of benzene rings is 1. The fraction of sp³-hybridized carbons (Fsp3) is 0.235. The quantitative estimate of drug-likeness (QED) is 0.600. The number of hydrogen-bond acceptors (Lipinski definition) is 6. The van der Waals surface area contributed by atoms with E-state index in [4.69, 9.17) is 4.74 Å². The monoisotopic (exact) mass is 377 g/mol. The molecule has 8 heteroatoms. The Hall–Kier alpha value is -2.06. The van der Waals surface area contributed by atoms with Gasteiger partial charge in [0.05, 0.1) is 17.7 Å².